The molecule has 36 heavy (non-hydrogen) atoms. The van der Waals surface area contributed by atoms with E-state index in [1.807, 2.05) is 0 Å². The number of carbonyl (C=O) groups is 6. The van der Waals surface area contributed by atoms with Crippen LogP contribution in [0.4, 0.5) is 4.79 Å². The zero-order valence-electron chi connectivity index (χ0n) is 19.9. The second-order valence-electron chi connectivity index (χ2n) is 9.90. The summed E-state index contributed by atoms with van der Waals surface area (Å²) in [6, 6.07) is 4.11. The molecule has 0 bridgehead atoms. The number of nitrogens with one attached hydrogen (secondary N) is 3. The highest BCUT2D eigenvalue weighted by Gasteiger charge is 2.52. The molecule has 1 aliphatic carbocycles. The summed E-state index contributed by atoms with van der Waals surface area (Å²) in [6.07, 6.45) is 4.16. The number of imide groups is 2. The molecule has 4 aliphatic rings. The lowest BCUT2D eigenvalue weighted by Gasteiger charge is -2.29. The molecular formula is C25H29N5O6. The second-order valence-corrected chi connectivity index (χ2v) is 9.90. The Labute approximate surface area is 207 Å². The Morgan fingerprint density at radius 3 is 2.64 bits per heavy atom. The Morgan fingerprint density at radius 2 is 1.89 bits per heavy atom. The minimum Gasteiger partial charge on any atom is -0.356 e. The molecule has 1 unspecified atom stereocenters. The first kappa shape index (κ1) is 24.0. The molecule has 3 N–H and O–H groups in total. The molecule has 1 aromatic rings. The number of amides is 7. The number of hydrogen-bond acceptors (Lipinski definition) is 6. The standard InChI is InChI=1S/C25H29N5O6/c31-19-8-7-18(21(33)27-19)30-14-17-15(5-3-6-16(17)22(30)34)13-20(32)26-11-4-12-29-23(35)25(28-24(29)36)9-1-2-10-25/h3,5-6,18H,1-2,4,7-14H2,(H,26,32)(H,28,36)(H,27,31,33). The molecule has 1 spiro atoms. The van der Waals surface area contributed by atoms with Crippen LogP contribution < -0.4 is 16.0 Å². The van der Waals surface area contributed by atoms with Gasteiger partial charge in [0, 0.05) is 31.6 Å². The van der Waals surface area contributed by atoms with Crippen molar-refractivity contribution < 1.29 is 28.8 Å². The highest BCUT2D eigenvalue weighted by atomic mass is 16.2. The van der Waals surface area contributed by atoms with Gasteiger partial charge in [-0.3, -0.25) is 34.2 Å². The predicted octanol–water partition coefficient (Wildman–Crippen LogP) is 0.361. The molecule has 3 heterocycles. The first-order chi connectivity index (χ1) is 17.3. The maximum absolute atomic E-state index is 12.9. The number of nitrogens with zero attached hydrogens (tertiary/aromatic N) is 2. The van der Waals surface area contributed by atoms with Gasteiger partial charge in [0.15, 0.2) is 0 Å². The van der Waals surface area contributed by atoms with Crippen LogP contribution in [0, 0.1) is 0 Å². The van der Waals surface area contributed by atoms with Crippen molar-refractivity contribution in [1.29, 1.82) is 0 Å². The van der Waals surface area contributed by atoms with Crippen molar-refractivity contribution in [3.8, 4) is 0 Å². The third-order valence-electron chi connectivity index (χ3n) is 7.61. The number of hydrogen-bond donors (Lipinski definition) is 3. The largest absolute Gasteiger partial charge is 0.356 e. The van der Waals surface area contributed by atoms with E-state index in [1.54, 1.807) is 18.2 Å². The molecule has 1 aromatic carbocycles. The topological polar surface area (TPSA) is 145 Å². The van der Waals surface area contributed by atoms with Gasteiger partial charge in [-0.1, -0.05) is 25.0 Å². The SMILES string of the molecule is O=C(Cc1cccc2c1CN(C1CCC(=O)NC1=O)C2=O)NCCCN1C(=O)NC2(CCCC2)C1=O. The van der Waals surface area contributed by atoms with E-state index < -0.39 is 17.5 Å². The second kappa shape index (κ2) is 9.36. The van der Waals surface area contributed by atoms with Gasteiger partial charge in [-0.25, -0.2) is 4.79 Å². The number of benzene rings is 1. The van der Waals surface area contributed by atoms with Crippen LogP contribution in [0.3, 0.4) is 0 Å². The highest BCUT2D eigenvalue weighted by Crippen LogP contribution is 2.35. The van der Waals surface area contributed by atoms with Gasteiger partial charge in [-0.05, 0) is 42.9 Å². The molecule has 11 nitrogen and oxygen atoms in total. The van der Waals surface area contributed by atoms with E-state index in [-0.39, 0.29) is 62.0 Å². The van der Waals surface area contributed by atoms with Gasteiger partial charge in [0.25, 0.3) is 11.8 Å². The Bertz CT molecular complexity index is 1160. The van der Waals surface area contributed by atoms with Crippen LogP contribution in [0.15, 0.2) is 18.2 Å². The number of fused-ring (bicyclic) bond motifs is 1. The minimum atomic E-state index is -0.729. The molecule has 11 heteroatoms. The van der Waals surface area contributed by atoms with Gasteiger partial charge in [0.2, 0.25) is 17.7 Å². The highest BCUT2D eigenvalue weighted by molar-refractivity contribution is 6.07. The summed E-state index contributed by atoms with van der Waals surface area (Å²) >= 11 is 0. The van der Waals surface area contributed by atoms with E-state index in [4.69, 9.17) is 0 Å². The normalized spacial score (nSPS) is 22.8. The van der Waals surface area contributed by atoms with Crippen LogP contribution in [0.5, 0.6) is 0 Å². The van der Waals surface area contributed by atoms with E-state index in [0.717, 1.165) is 12.8 Å². The van der Waals surface area contributed by atoms with Crippen molar-refractivity contribution >= 4 is 35.6 Å². The fourth-order valence-corrected chi connectivity index (χ4v) is 5.71. The number of piperidine rings is 1. The molecule has 1 saturated carbocycles. The summed E-state index contributed by atoms with van der Waals surface area (Å²) in [6.45, 7) is 0.750. The molecular weight excluding hydrogens is 466 g/mol. The lowest BCUT2D eigenvalue weighted by atomic mass is 9.98. The lowest BCUT2D eigenvalue weighted by molar-refractivity contribution is -0.137. The molecule has 0 aromatic heterocycles. The van der Waals surface area contributed by atoms with Crippen molar-refractivity contribution in [3.05, 3.63) is 34.9 Å². The van der Waals surface area contributed by atoms with E-state index >= 15 is 0 Å². The quantitative estimate of drug-likeness (QED) is 0.283. The van der Waals surface area contributed by atoms with E-state index in [0.29, 0.717) is 42.5 Å². The summed E-state index contributed by atoms with van der Waals surface area (Å²) in [5.74, 6) is -1.50. The van der Waals surface area contributed by atoms with Crippen molar-refractivity contribution in [2.75, 3.05) is 13.1 Å². The molecule has 190 valence electrons. The van der Waals surface area contributed by atoms with Crippen molar-refractivity contribution in [3.63, 3.8) is 0 Å². The van der Waals surface area contributed by atoms with Crippen LogP contribution in [0.2, 0.25) is 0 Å². The fourth-order valence-electron chi connectivity index (χ4n) is 5.71. The zero-order valence-corrected chi connectivity index (χ0v) is 19.9. The lowest BCUT2D eigenvalue weighted by Crippen LogP contribution is -2.52. The summed E-state index contributed by atoms with van der Waals surface area (Å²) in [5, 5.41) is 7.96. The third kappa shape index (κ3) is 4.22. The van der Waals surface area contributed by atoms with Crippen LogP contribution >= 0.6 is 0 Å². The molecule has 2 saturated heterocycles. The Balaban J connectivity index is 1.14. The first-order valence-electron chi connectivity index (χ1n) is 12.5. The smallest absolute Gasteiger partial charge is 0.325 e. The van der Waals surface area contributed by atoms with Crippen molar-refractivity contribution in [2.24, 2.45) is 0 Å². The van der Waals surface area contributed by atoms with E-state index in [9.17, 15) is 28.8 Å². The first-order valence-corrected chi connectivity index (χ1v) is 12.5. The monoisotopic (exact) mass is 495 g/mol. The van der Waals surface area contributed by atoms with Gasteiger partial charge in [-0.15, -0.1) is 0 Å². The molecule has 7 amide bonds. The zero-order chi connectivity index (χ0) is 25.4. The molecule has 0 radical (unpaired) electrons. The van der Waals surface area contributed by atoms with Gasteiger partial charge >= 0.3 is 6.03 Å². The van der Waals surface area contributed by atoms with Crippen LogP contribution in [0.1, 0.15) is 66.4 Å². The fraction of sp³-hybridized carbons (Fsp3) is 0.520. The summed E-state index contributed by atoms with van der Waals surface area (Å²) in [4.78, 5) is 77.0. The Kier molecular flexibility index (Phi) is 6.23. The van der Waals surface area contributed by atoms with Gasteiger partial charge in [0.1, 0.15) is 11.6 Å². The number of rotatable bonds is 7. The summed E-state index contributed by atoms with van der Waals surface area (Å²) < 4.78 is 0. The van der Waals surface area contributed by atoms with E-state index in [1.165, 1.54) is 9.80 Å². The van der Waals surface area contributed by atoms with Crippen LogP contribution in [-0.4, -0.2) is 70.0 Å². The van der Waals surface area contributed by atoms with Crippen LogP contribution in [0.25, 0.3) is 0 Å². The number of carbonyl (C=O) groups excluding carboxylic acids is 6. The predicted molar refractivity (Wildman–Crippen MR) is 125 cm³/mol. The average Bonchev–Trinajstić information content (AvgIpc) is 3.50. The average molecular weight is 496 g/mol. The van der Waals surface area contributed by atoms with E-state index in [2.05, 4.69) is 16.0 Å². The summed E-state index contributed by atoms with van der Waals surface area (Å²) in [5.41, 5.74) is 1.14. The summed E-state index contributed by atoms with van der Waals surface area (Å²) in [7, 11) is 0. The van der Waals surface area contributed by atoms with Gasteiger partial charge < -0.3 is 15.5 Å². The van der Waals surface area contributed by atoms with Gasteiger partial charge in [0.05, 0.1) is 6.42 Å². The maximum atomic E-state index is 12.9. The van der Waals surface area contributed by atoms with Crippen molar-refractivity contribution in [1.82, 2.24) is 25.8 Å². The Hall–Kier alpha value is -3.76. The minimum absolute atomic E-state index is 0.0614. The van der Waals surface area contributed by atoms with Gasteiger partial charge in [-0.2, -0.15) is 0 Å². The van der Waals surface area contributed by atoms with Crippen LogP contribution in [-0.2, 0) is 32.1 Å². The van der Waals surface area contributed by atoms with Crippen molar-refractivity contribution in [2.45, 2.75) is 69.5 Å². The molecule has 5 rings (SSSR count). The maximum Gasteiger partial charge on any atom is 0.325 e. The number of urea groups is 1. The molecule has 1 atom stereocenters. The molecule has 3 fully saturated rings. The Morgan fingerprint density at radius 1 is 1.11 bits per heavy atom. The third-order valence-corrected chi connectivity index (χ3v) is 7.61. The molecule has 3 aliphatic heterocycles.